The molecule has 1 heterocycles. The van der Waals surface area contributed by atoms with E-state index in [2.05, 4.69) is 4.99 Å². The van der Waals surface area contributed by atoms with Gasteiger partial charge in [0.1, 0.15) is 5.76 Å². The molecule has 0 bridgehead atoms. The first-order valence-electron chi connectivity index (χ1n) is 7.01. The highest BCUT2D eigenvalue weighted by Crippen LogP contribution is 2.33. The first-order chi connectivity index (χ1) is 9.93. The molecule has 0 unspecified atom stereocenters. The summed E-state index contributed by atoms with van der Waals surface area (Å²) in [4.78, 5) is 4.11. The van der Waals surface area contributed by atoms with Crippen molar-refractivity contribution in [2.45, 2.75) is 40.3 Å². The molecule has 0 N–H and O–H groups in total. The molecule has 0 spiro atoms. The van der Waals surface area contributed by atoms with E-state index >= 15 is 0 Å². The number of hydrogen-bond acceptors (Lipinski definition) is 2. The fraction of sp³-hybridized carbons (Fsp3) is 0.438. The predicted molar refractivity (Wildman–Crippen MR) is 78.3 cm³/mol. The van der Waals surface area contributed by atoms with Crippen molar-refractivity contribution in [2.75, 3.05) is 6.54 Å². The lowest BCUT2D eigenvalue weighted by molar-refractivity contribution is -0.137. The third-order valence-corrected chi connectivity index (χ3v) is 3.05. The van der Waals surface area contributed by atoms with Gasteiger partial charge >= 0.3 is 6.18 Å². The minimum absolute atomic E-state index is 0.00972. The molecule has 0 aliphatic carbocycles. The Labute approximate surface area is 123 Å². The normalized spacial score (nSPS) is 14.9. The van der Waals surface area contributed by atoms with E-state index in [1.165, 1.54) is 12.1 Å². The third-order valence-electron chi connectivity index (χ3n) is 3.05. The van der Waals surface area contributed by atoms with Gasteiger partial charge in [-0.05, 0) is 31.1 Å². The van der Waals surface area contributed by atoms with Crippen LogP contribution in [-0.4, -0.2) is 12.4 Å². The maximum absolute atomic E-state index is 12.9. The molecule has 0 radical (unpaired) electrons. The number of benzene rings is 1. The summed E-state index contributed by atoms with van der Waals surface area (Å²) in [5.41, 5.74) is 0.277. The van der Waals surface area contributed by atoms with Crippen LogP contribution in [0.4, 0.5) is 13.2 Å². The van der Waals surface area contributed by atoms with Gasteiger partial charge < -0.3 is 4.74 Å². The van der Waals surface area contributed by atoms with Crippen molar-refractivity contribution in [1.82, 2.24) is 0 Å². The van der Waals surface area contributed by atoms with E-state index in [1.807, 2.05) is 20.8 Å². The monoisotopic (exact) mass is 299 g/mol. The van der Waals surface area contributed by atoms with Gasteiger partial charge in [-0.3, -0.25) is 0 Å². The zero-order valence-electron chi connectivity index (χ0n) is 12.7. The van der Waals surface area contributed by atoms with Crippen molar-refractivity contribution in [3.63, 3.8) is 0 Å². The summed E-state index contributed by atoms with van der Waals surface area (Å²) in [6.45, 7) is 8.11. The number of halogens is 3. The summed E-state index contributed by atoms with van der Waals surface area (Å²) in [5.74, 6) is 0.687. The summed E-state index contributed by atoms with van der Waals surface area (Å²) >= 11 is 0. The molecule has 1 aromatic carbocycles. The van der Waals surface area contributed by atoms with Crippen molar-refractivity contribution in [3.8, 4) is 0 Å². The number of alkyl halides is 3. The second kappa shape index (κ2) is 7.29. The molecule has 2 nitrogen and oxygen atoms in total. The van der Waals surface area contributed by atoms with Crippen LogP contribution in [0.25, 0.3) is 0 Å². The van der Waals surface area contributed by atoms with Crippen LogP contribution in [0.15, 0.2) is 40.6 Å². The van der Waals surface area contributed by atoms with Crippen LogP contribution in [0.1, 0.15) is 45.2 Å². The Hall–Kier alpha value is -1.78. The molecular formula is C16H20F3NO. The van der Waals surface area contributed by atoms with Crippen LogP contribution in [0.2, 0.25) is 0 Å². The van der Waals surface area contributed by atoms with Gasteiger partial charge in [0.05, 0.1) is 12.1 Å². The fourth-order valence-electron chi connectivity index (χ4n) is 1.95. The number of allylic oxidation sites excluding steroid dienone is 1. The molecule has 1 aromatic rings. The molecule has 1 aliphatic rings. The fourth-order valence-corrected chi connectivity index (χ4v) is 1.95. The lowest BCUT2D eigenvalue weighted by Gasteiger charge is -2.20. The largest absolute Gasteiger partial charge is 0.443 e. The van der Waals surface area contributed by atoms with Crippen molar-refractivity contribution >= 4 is 5.90 Å². The summed E-state index contributed by atoms with van der Waals surface area (Å²) in [6, 6.07) is 5.32. The second-order valence-electron chi connectivity index (χ2n) is 4.28. The maximum atomic E-state index is 12.9. The second-order valence-corrected chi connectivity index (χ2v) is 4.28. The highest BCUT2D eigenvalue weighted by Gasteiger charge is 2.35. The Morgan fingerprint density at radius 2 is 1.81 bits per heavy atom. The third kappa shape index (κ3) is 4.09. The predicted octanol–water partition coefficient (Wildman–Crippen LogP) is 5.19. The smallest absolute Gasteiger partial charge is 0.417 e. The van der Waals surface area contributed by atoms with Gasteiger partial charge in [-0.25, -0.2) is 4.99 Å². The molecule has 0 amide bonds. The Bertz CT molecular complexity index is 545. The molecule has 21 heavy (non-hydrogen) atoms. The zero-order valence-corrected chi connectivity index (χ0v) is 12.7. The maximum Gasteiger partial charge on any atom is 0.417 e. The van der Waals surface area contributed by atoms with Gasteiger partial charge in [-0.2, -0.15) is 13.2 Å². The molecular weight excluding hydrogens is 279 g/mol. The van der Waals surface area contributed by atoms with Crippen LogP contribution in [-0.2, 0) is 10.9 Å². The van der Waals surface area contributed by atoms with Gasteiger partial charge in [0, 0.05) is 5.56 Å². The summed E-state index contributed by atoms with van der Waals surface area (Å²) in [6.07, 6.45) is -3.63. The van der Waals surface area contributed by atoms with Crippen molar-refractivity contribution in [3.05, 3.63) is 46.7 Å². The highest BCUT2D eigenvalue weighted by molar-refractivity contribution is 5.97. The van der Waals surface area contributed by atoms with Crippen molar-refractivity contribution < 1.29 is 17.9 Å². The van der Waals surface area contributed by atoms with Crippen molar-refractivity contribution in [2.24, 2.45) is 4.99 Å². The number of ether oxygens (including phenoxy) is 1. The molecule has 116 valence electrons. The molecule has 0 aromatic heterocycles. The Kier molecular flexibility index (Phi) is 6.00. The van der Waals surface area contributed by atoms with E-state index in [4.69, 9.17) is 4.74 Å². The number of aliphatic imine (C=N–C) groups is 1. The molecule has 0 fully saturated rings. The zero-order chi connectivity index (χ0) is 16.0. The van der Waals surface area contributed by atoms with Crippen LogP contribution in [0.3, 0.4) is 0 Å². The van der Waals surface area contributed by atoms with Gasteiger partial charge in [0.2, 0.25) is 5.90 Å². The highest BCUT2D eigenvalue weighted by atomic mass is 19.4. The molecule has 5 heteroatoms. The van der Waals surface area contributed by atoms with Gasteiger partial charge in [0.15, 0.2) is 0 Å². The lowest BCUT2D eigenvalue weighted by Crippen LogP contribution is -2.19. The van der Waals surface area contributed by atoms with Crippen LogP contribution in [0.5, 0.6) is 0 Å². The summed E-state index contributed by atoms with van der Waals surface area (Å²) < 4.78 is 44.2. The summed E-state index contributed by atoms with van der Waals surface area (Å²) in [7, 11) is 0. The molecule has 2 rings (SSSR count). The van der Waals surface area contributed by atoms with Crippen molar-refractivity contribution in [1.29, 1.82) is 0 Å². The standard InChI is InChI=1S/C14H14F3NO.C2H6/c1-3-10-8-18-13(19-9(10)2)11-6-4-5-7-12(11)14(15,16)17;1-2/h4-7H,3,8H2,1-2H3;1-2H3. The lowest BCUT2D eigenvalue weighted by atomic mass is 10.1. The number of nitrogens with zero attached hydrogens (tertiary/aromatic N) is 1. The Morgan fingerprint density at radius 3 is 2.33 bits per heavy atom. The van der Waals surface area contributed by atoms with E-state index in [-0.39, 0.29) is 11.5 Å². The number of hydrogen-bond donors (Lipinski definition) is 0. The van der Waals surface area contributed by atoms with Gasteiger partial charge in [-0.1, -0.05) is 32.9 Å². The first-order valence-corrected chi connectivity index (χ1v) is 7.01. The molecule has 0 saturated heterocycles. The van der Waals surface area contributed by atoms with E-state index in [0.29, 0.717) is 12.3 Å². The molecule has 0 saturated carbocycles. The minimum atomic E-state index is -4.41. The number of rotatable bonds is 2. The quantitative estimate of drug-likeness (QED) is 0.736. The van der Waals surface area contributed by atoms with E-state index in [1.54, 1.807) is 13.0 Å². The summed E-state index contributed by atoms with van der Waals surface area (Å²) in [5, 5.41) is 0. The van der Waals surface area contributed by atoms with E-state index < -0.39 is 11.7 Å². The average molecular weight is 299 g/mol. The molecule has 1 aliphatic heterocycles. The van der Waals surface area contributed by atoms with E-state index in [0.717, 1.165) is 18.1 Å². The average Bonchev–Trinajstić information content (AvgIpc) is 2.48. The van der Waals surface area contributed by atoms with Crippen LogP contribution < -0.4 is 0 Å². The minimum Gasteiger partial charge on any atom is -0.443 e. The van der Waals surface area contributed by atoms with E-state index in [9.17, 15) is 13.2 Å². The Balaban J connectivity index is 0.00000106. The topological polar surface area (TPSA) is 21.6 Å². The Morgan fingerprint density at radius 1 is 1.19 bits per heavy atom. The van der Waals surface area contributed by atoms with Crippen LogP contribution in [0, 0.1) is 0 Å². The first kappa shape index (κ1) is 17.3. The van der Waals surface area contributed by atoms with Gasteiger partial charge in [-0.15, -0.1) is 0 Å². The van der Waals surface area contributed by atoms with Gasteiger partial charge in [0.25, 0.3) is 0 Å². The van der Waals surface area contributed by atoms with Crippen LogP contribution >= 0.6 is 0 Å². The SMILES string of the molecule is CC.CCC1=C(C)OC(c2ccccc2C(F)(F)F)=NC1. The molecule has 0 atom stereocenters.